The Morgan fingerprint density at radius 2 is 1.76 bits per heavy atom. The van der Waals surface area contributed by atoms with Crippen LogP contribution in [-0.4, -0.2) is 35.6 Å². The number of sulfone groups is 1. The fourth-order valence-corrected chi connectivity index (χ4v) is 4.82. The van der Waals surface area contributed by atoms with Gasteiger partial charge in [-0.25, -0.2) is 27.0 Å². The van der Waals surface area contributed by atoms with Crippen LogP contribution < -0.4 is 10.1 Å². The zero-order valence-electron chi connectivity index (χ0n) is 17.4. The van der Waals surface area contributed by atoms with Gasteiger partial charge in [-0.2, -0.15) is 0 Å². The van der Waals surface area contributed by atoms with E-state index in [2.05, 4.69) is 10.3 Å². The highest BCUT2D eigenvalue weighted by Crippen LogP contribution is 2.34. The molecule has 1 heterocycles. The number of rotatable bonds is 8. The van der Waals surface area contributed by atoms with Gasteiger partial charge in [0.25, 0.3) is 5.91 Å². The molecule has 1 aliphatic rings. The summed E-state index contributed by atoms with van der Waals surface area (Å²) >= 11 is 0. The highest BCUT2D eigenvalue weighted by Gasteiger charge is 2.37. The Kier molecular flexibility index (Phi) is 6.29. The Morgan fingerprint density at radius 3 is 2.32 bits per heavy atom. The lowest BCUT2D eigenvalue weighted by Crippen LogP contribution is -2.26. The monoisotopic (exact) mass is 488 g/mol. The third-order valence-corrected chi connectivity index (χ3v) is 7.39. The van der Waals surface area contributed by atoms with E-state index in [1.54, 1.807) is 0 Å². The lowest BCUT2D eigenvalue weighted by Gasteiger charge is -2.20. The van der Waals surface area contributed by atoms with Gasteiger partial charge in [-0.3, -0.25) is 4.79 Å². The molecule has 0 bridgehead atoms. The van der Waals surface area contributed by atoms with Crippen molar-refractivity contribution in [2.75, 3.05) is 5.32 Å². The van der Waals surface area contributed by atoms with Crippen LogP contribution in [0.1, 0.15) is 34.9 Å². The number of anilines is 1. The summed E-state index contributed by atoms with van der Waals surface area (Å²) in [5, 5.41) is 11.0. The summed E-state index contributed by atoms with van der Waals surface area (Å²) in [6.45, 7) is 0. The molecule has 1 saturated carbocycles. The van der Waals surface area contributed by atoms with Gasteiger partial charge in [0.05, 0.1) is 15.7 Å². The second-order valence-corrected chi connectivity index (χ2v) is 9.84. The first-order valence-corrected chi connectivity index (χ1v) is 11.7. The van der Waals surface area contributed by atoms with Crippen molar-refractivity contribution in [3.05, 3.63) is 83.6 Å². The topological polar surface area (TPSA) is 123 Å². The number of hydrogen-bond donors (Lipinski definition) is 2. The molecule has 0 radical (unpaired) electrons. The number of carboxylic acid groups (broad SMARTS) is 1. The largest absolute Gasteiger partial charge is 0.478 e. The molecule has 176 valence electrons. The fourth-order valence-electron chi connectivity index (χ4n) is 3.16. The minimum absolute atomic E-state index is 0.0103. The van der Waals surface area contributed by atoms with E-state index in [0.717, 1.165) is 18.3 Å². The number of carbonyl (C=O) groups excluding carboxylic acids is 1. The molecule has 34 heavy (non-hydrogen) atoms. The van der Waals surface area contributed by atoms with E-state index in [0.29, 0.717) is 18.9 Å². The summed E-state index contributed by atoms with van der Waals surface area (Å²) in [6, 6.07) is 10.5. The number of aromatic carboxylic acids is 1. The predicted octanol–water partition coefficient (Wildman–Crippen LogP) is 3.75. The zero-order valence-corrected chi connectivity index (χ0v) is 18.3. The molecule has 1 unspecified atom stereocenters. The van der Waals surface area contributed by atoms with Gasteiger partial charge in [-0.05, 0) is 49.2 Å². The maximum Gasteiger partial charge on any atom is 0.337 e. The van der Waals surface area contributed by atoms with E-state index in [1.807, 2.05) is 0 Å². The number of nitrogens with zero attached hydrogens (tertiary/aromatic N) is 1. The van der Waals surface area contributed by atoms with Crippen LogP contribution in [0.15, 0.2) is 65.7 Å². The van der Waals surface area contributed by atoms with Crippen LogP contribution in [0.3, 0.4) is 0 Å². The maximum atomic E-state index is 14.2. The highest BCUT2D eigenvalue weighted by molar-refractivity contribution is 7.92. The van der Waals surface area contributed by atoms with Gasteiger partial charge in [0.1, 0.15) is 11.6 Å². The van der Waals surface area contributed by atoms with Gasteiger partial charge in [0.2, 0.25) is 6.10 Å². The lowest BCUT2D eigenvalue weighted by molar-refractivity contribution is -0.123. The first-order chi connectivity index (χ1) is 16.1. The number of benzene rings is 2. The third kappa shape index (κ3) is 5.04. The number of carbonyl (C=O) groups is 2. The van der Waals surface area contributed by atoms with Crippen LogP contribution in [0.25, 0.3) is 0 Å². The molecule has 1 aliphatic carbocycles. The van der Waals surface area contributed by atoms with Crippen molar-refractivity contribution in [2.24, 2.45) is 0 Å². The van der Waals surface area contributed by atoms with E-state index in [9.17, 15) is 26.8 Å². The molecule has 2 N–H and O–H groups in total. The van der Waals surface area contributed by atoms with Crippen molar-refractivity contribution >= 4 is 27.5 Å². The molecule has 1 aromatic heterocycles. The van der Waals surface area contributed by atoms with Crippen LogP contribution in [0.4, 0.5) is 14.6 Å². The summed E-state index contributed by atoms with van der Waals surface area (Å²) in [6.07, 6.45) is 0.773. The maximum absolute atomic E-state index is 14.2. The minimum atomic E-state index is -3.46. The molecule has 2 aromatic carbocycles. The third-order valence-electron chi connectivity index (χ3n) is 5.11. The molecule has 1 amide bonds. The van der Waals surface area contributed by atoms with E-state index in [-0.39, 0.29) is 21.8 Å². The van der Waals surface area contributed by atoms with Crippen molar-refractivity contribution in [3.63, 3.8) is 0 Å². The van der Waals surface area contributed by atoms with Crippen LogP contribution in [0, 0.1) is 11.6 Å². The van der Waals surface area contributed by atoms with Crippen molar-refractivity contribution in [3.8, 4) is 5.75 Å². The number of halogens is 2. The summed E-state index contributed by atoms with van der Waals surface area (Å²) in [7, 11) is -3.46. The van der Waals surface area contributed by atoms with Crippen LogP contribution in [0.5, 0.6) is 5.75 Å². The van der Waals surface area contributed by atoms with Crippen LogP contribution >= 0.6 is 0 Å². The zero-order chi connectivity index (χ0) is 24.5. The first kappa shape index (κ1) is 23.3. The molecule has 0 spiro atoms. The van der Waals surface area contributed by atoms with E-state index >= 15 is 0 Å². The molecule has 11 heteroatoms. The number of aromatic nitrogens is 1. The number of carboxylic acids is 1. The number of pyridine rings is 1. The van der Waals surface area contributed by atoms with Gasteiger partial charge in [-0.15, -0.1) is 0 Å². The average Bonchev–Trinajstić information content (AvgIpc) is 3.65. The Hall–Kier alpha value is -3.86. The molecule has 8 nitrogen and oxygen atoms in total. The average molecular weight is 488 g/mol. The summed E-state index contributed by atoms with van der Waals surface area (Å²) in [5.41, 5.74) is 0.116. The first-order valence-electron chi connectivity index (χ1n) is 10.1. The van der Waals surface area contributed by atoms with E-state index in [1.165, 1.54) is 36.4 Å². The molecule has 0 aliphatic heterocycles. The second-order valence-electron chi connectivity index (χ2n) is 7.61. The second kappa shape index (κ2) is 9.18. The highest BCUT2D eigenvalue weighted by atomic mass is 32.2. The Labute approximate surface area is 193 Å². The SMILES string of the molecule is O=C(O)c1ccc(NC(=O)C(Oc2ccc(F)cc2F)c2ccc(S(=O)(=O)C3CC3)cc2)nc1. The molecular weight excluding hydrogens is 470 g/mol. The molecule has 4 rings (SSSR count). The fraction of sp³-hybridized carbons (Fsp3) is 0.174. The Bertz CT molecular complexity index is 1340. The van der Waals surface area contributed by atoms with Crippen LogP contribution in [-0.2, 0) is 14.6 Å². The van der Waals surface area contributed by atoms with Crippen molar-refractivity contribution in [1.29, 1.82) is 0 Å². The lowest BCUT2D eigenvalue weighted by atomic mass is 10.1. The van der Waals surface area contributed by atoms with E-state index in [4.69, 9.17) is 9.84 Å². The molecular formula is C23H18F2N2O6S. The molecule has 1 atom stereocenters. The van der Waals surface area contributed by atoms with Gasteiger partial charge in [-0.1, -0.05) is 12.1 Å². The number of amides is 1. The normalized spacial score (nSPS) is 14.3. The Balaban J connectivity index is 1.63. The number of nitrogens with one attached hydrogen (secondary N) is 1. The quantitative estimate of drug-likeness (QED) is 0.495. The smallest absolute Gasteiger partial charge is 0.337 e. The van der Waals surface area contributed by atoms with Gasteiger partial charge < -0.3 is 15.2 Å². The van der Waals surface area contributed by atoms with Gasteiger partial charge >= 0.3 is 5.97 Å². The Morgan fingerprint density at radius 1 is 1.06 bits per heavy atom. The summed E-state index contributed by atoms with van der Waals surface area (Å²) in [5.74, 6) is -4.24. The van der Waals surface area contributed by atoms with Crippen molar-refractivity contribution in [2.45, 2.75) is 29.1 Å². The van der Waals surface area contributed by atoms with Crippen molar-refractivity contribution < 1.29 is 36.6 Å². The van der Waals surface area contributed by atoms with Crippen molar-refractivity contribution in [1.82, 2.24) is 4.98 Å². The molecule has 1 fully saturated rings. The minimum Gasteiger partial charge on any atom is -0.478 e. The molecule has 0 saturated heterocycles. The van der Waals surface area contributed by atoms with E-state index < -0.39 is 50.5 Å². The number of hydrogen-bond acceptors (Lipinski definition) is 6. The van der Waals surface area contributed by atoms with Gasteiger partial charge in [0.15, 0.2) is 21.4 Å². The predicted molar refractivity (Wildman–Crippen MR) is 116 cm³/mol. The van der Waals surface area contributed by atoms with Crippen LogP contribution in [0.2, 0.25) is 0 Å². The standard InChI is InChI=1S/C23H18F2N2O6S/c24-15-4-9-19(18(25)11-15)33-21(22(28)27-20-10-3-14(12-26-20)23(29)30)13-1-5-16(6-2-13)34(31,32)17-7-8-17/h1-6,9-12,17,21H,7-8H2,(H,29,30)(H,26,27,28). The molecule has 3 aromatic rings. The summed E-state index contributed by atoms with van der Waals surface area (Å²) in [4.78, 5) is 27.9. The summed E-state index contributed by atoms with van der Waals surface area (Å²) < 4.78 is 57.9. The number of ether oxygens (including phenoxy) is 1. The van der Waals surface area contributed by atoms with Gasteiger partial charge in [0, 0.05) is 17.8 Å².